The molecule has 0 radical (unpaired) electrons. The minimum absolute atomic E-state index is 0.247. The van der Waals surface area contributed by atoms with E-state index in [4.69, 9.17) is 9.36 Å². The lowest BCUT2D eigenvalue weighted by atomic mass is 10.2. The van der Waals surface area contributed by atoms with Gasteiger partial charge in [0, 0.05) is 11.0 Å². The van der Waals surface area contributed by atoms with Gasteiger partial charge in [-0.2, -0.15) is 0 Å². The van der Waals surface area contributed by atoms with Gasteiger partial charge in [0.25, 0.3) is 5.91 Å². The summed E-state index contributed by atoms with van der Waals surface area (Å²) < 4.78 is 5.16. The highest BCUT2D eigenvalue weighted by atomic mass is 32.2. The molecule has 0 unspecified atom stereocenters. The number of aryl methyl sites for hydroxylation is 1. The van der Waals surface area contributed by atoms with Crippen LogP contribution in [0, 0.1) is 6.92 Å². The first-order chi connectivity index (χ1) is 9.70. The number of hydrogen-bond acceptors (Lipinski definition) is 5. The minimum Gasteiger partial charge on any atom is -0.360 e. The highest BCUT2D eigenvalue weighted by Crippen LogP contribution is 2.26. The summed E-state index contributed by atoms with van der Waals surface area (Å²) in [5.41, 5.74) is 3.84. The first-order valence-corrected chi connectivity index (χ1v) is 7.25. The Hall–Kier alpha value is -1.79. The molecule has 0 spiro atoms. The Morgan fingerprint density at radius 3 is 2.95 bits per heavy atom. The Balaban J connectivity index is 2.05. The number of aromatic nitrogens is 1. The van der Waals surface area contributed by atoms with Gasteiger partial charge in [-0.05, 0) is 26.0 Å². The Morgan fingerprint density at radius 1 is 1.45 bits per heavy atom. The Morgan fingerprint density at radius 2 is 2.25 bits per heavy atom. The molecule has 1 aromatic heterocycles. The van der Waals surface area contributed by atoms with E-state index < -0.39 is 0 Å². The number of benzene rings is 1. The standard InChI is InChI=1S/C14H16N2O3S/c1-3-18-16-14(17)12-6-4-5-7-13(12)20-9-11-8-10(2)15-19-11/h4-8H,3,9H2,1-2H3,(H,16,17). The van der Waals surface area contributed by atoms with E-state index in [9.17, 15) is 4.79 Å². The molecule has 2 aromatic rings. The summed E-state index contributed by atoms with van der Waals surface area (Å²) in [5.74, 6) is 1.16. The molecule has 0 saturated carbocycles. The molecule has 1 N–H and O–H groups in total. The van der Waals surface area contributed by atoms with Crippen molar-refractivity contribution in [1.82, 2.24) is 10.6 Å². The van der Waals surface area contributed by atoms with Crippen LogP contribution < -0.4 is 5.48 Å². The maximum Gasteiger partial charge on any atom is 0.275 e. The maximum atomic E-state index is 12.0. The van der Waals surface area contributed by atoms with E-state index in [1.165, 1.54) is 11.8 Å². The zero-order valence-corrected chi connectivity index (χ0v) is 12.2. The van der Waals surface area contributed by atoms with Gasteiger partial charge in [-0.25, -0.2) is 5.48 Å². The molecular formula is C14H16N2O3S. The molecule has 0 saturated heterocycles. The molecule has 106 valence electrons. The minimum atomic E-state index is -0.247. The summed E-state index contributed by atoms with van der Waals surface area (Å²) in [4.78, 5) is 17.8. The molecule has 0 aliphatic rings. The molecule has 0 atom stereocenters. The second-order valence-corrected chi connectivity index (χ2v) is 5.10. The van der Waals surface area contributed by atoms with E-state index in [0.717, 1.165) is 16.3 Å². The topological polar surface area (TPSA) is 64.4 Å². The van der Waals surface area contributed by atoms with Crippen molar-refractivity contribution in [3.63, 3.8) is 0 Å². The summed E-state index contributed by atoms with van der Waals surface area (Å²) >= 11 is 1.53. The predicted molar refractivity (Wildman–Crippen MR) is 76.3 cm³/mol. The van der Waals surface area contributed by atoms with Crippen LogP contribution in [0.2, 0.25) is 0 Å². The highest BCUT2D eigenvalue weighted by molar-refractivity contribution is 7.98. The summed E-state index contributed by atoms with van der Waals surface area (Å²) in [6.07, 6.45) is 0. The van der Waals surface area contributed by atoms with E-state index in [1.54, 1.807) is 6.07 Å². The summed E-state index contributed by atoms with van der Waals surface area (Å²) in [7, 11) is 0. The van der Waals surface area contributed by atoms with Crippen molar-refractivity contribution in [1.29, 1.82) is 0 Å². The third-order valence-corrected chi connectivity index (χ3v) is 3.58. The van der Waals surface area contributed by atoms with E-state index in [0.29, 0.717) is 17.9 Å². The first-order valence-electron chi connectivity index (χ1n) is 6.27. The number of nitrogens with one attached hydrogen (secondary N) is 1. The van der Waals surface area contributed by atoms with E-state index >= 15 is 0 Å². The second-order valence-electron chi connectivity index (χ2n) is 4.08. The lowest BCUT2D eigenvalue weighted by Crippen LogP contribution is -2.24. The molecule has 0 aliphatic heterocycles. The number of hydroxylamine groups is 1. The van der Waals surface area contributed by atoms with Gasteiger partial charge in [-0.1, -0.05) is 17.3 Å². The van der Waals surface area contributed by atoms with Crippen LogP contribution in [0.1, 0.15) is 28.7 Å². The van der Waals surface area contributed by atoms with Crippen LogP contribution in [-0.4, -0.2) is 17.7 Å². The van der Waals surface area contributed by atoms with Crippen molar-refractivity contribution >= 4 is 17.7 Å². The van der Waals surface area contributed by atoms with Gasteiger partial charge in [0.1, 0.15) is 5.76 Å². The number of nitrogens with zero attached hydrogens (tertiary/aromatic N) is 1. The van der Waals surface area contributed by atoms with Crippen LogP contribution in [-0.2, 0) is 10.6 Å². The van der Waals surface area contributed by atoms with E-state index in [1.807, 2.05) is 38.1 Å². The van der Waals surface area contributed by atoms with E-state index in [2.05, 4.69) is 10.6 Å². The molecule has 6 heteroatoms. The molecule has 5 nitrogen and oxygen atoms in total. The maximum absolute atomic E-state index is 12.0. The van der Waals surface area contributed by atoms with Gasteiger partial charge < -0.3 is 4.52 Å². The summed E-state index contributed by atoms with van der Waals surface area (Å²) in [6, 6.07) is 9.27. The second kappa shape index (κ2) is 7.12. The molecule has 1 heterocycles. The molecule has 20 heavy (non-hydrogen) atoms. The van der Waals surface area contributed by atoms with Gasteiger partial charge >= 0.3 is 0 Å². The molecule has 0 aliphatic carbocycles. The Bertz CT molecular complexity index is 583. The Labute approximate surface area is 121 Å². The third kappa shape index (κ3) is 3.85. The SMILES string of the molecule is CCONC(=O)c1ccccc1SCc1cc(C)no1. The molecule has 2 rings (SSSR count). The number of carbonyl (C=O) groups excluding carboxylic acids is 1. The van der Waals surface area contributed by atoms with Gasteiger partial charge in [0.2, 0.25) is 0 Å². The third-order valence-electron chi connectivity index (χ3n) is 2.49. The summed E-state index contributed by atoms with van der Waals surface area (Å²) in [5, 5.41) is 3.84. The lowest BCUT2D eigenvalue weighted by Gasteiger charge is -2.08. The van der Waals surface area contributed by atoms with Crippen LogP contribution in [0.25, 0.3) is 0 Å². The zero-order chi connectivity index (χ0) is 14.4. The number of rotatable bonds is 6. The van der Waals surface area contributed by atoms with Crippen LogP contribution in [0.3, 0.4) is 0 Å². The predicted octanol–water partition coefficient (Wildman–Crippen LogP) is 2.96. The lowest BCUT2D eigenvalue weighted by molar-refractivity contribution is 0.0362. The van der Waals surface area contributed by atoms with Crippen molar-refractivity contribution in [2.24, 2.45) is 0 Å². The molecule has 1 aromatic carbocycles. The molecule has 1 amide bonds. The Kier molecular flexibility index (Phi) is 5.20. The summed E-state index contributed by atoms with van der Waals surface area (Å²) in [6.45, 7) is 4.12. The van der Waals surface area contributed by atoms with Crippen LogP contribution in [0.5, 0.6) is 0 Å². The smallest absolute Gasteiger partial charge is 0.275 e. The molecule has 0 bridgehead atoms. The van der Waals surface area contributed by atoms with Crippen LogP contribution in [0.15, 0.2) is 39.8 Å². The average Bonchev–Trinajstić information content (AvgIpc) is 2.88. The number of carbonyl (C=O) groups is 1. The molecule has 0 fully saturated rings. The quantitative estimate of drug-likeness (QED) is 0.655. The fraction of sp³-hybridized carbons (Fsp3) is 0.286. The van der Waals surface area contributed by atoms with Gasteiger partial charge in [0.15, 0.2) is 0 Å². The fourth-order valence-electron chi connectivity index (χ4n) is 1.61. The number of hydrogen-bond donors (Lipinski definition) is 1. The number of amides is 1. The van der Waals surface area contributed by atoms with Gasteiger partial charge in [0.05, 0.1) is 23.6 Å². The van der Waals surface area contributed by atoms with Crippen molar-refractivity contribution in [3.05, 3.63) is 47.3 Å². The van der Waals surface area contributed by atoms with Crippen LogP contribution in [0.4, 0.5) is 0 Å². The molecular weight excluding hydrogens is 276 g/mol. The van der Waals surface area contributed by atoms with Crippen LogP contribution >= 0.6 is 11.8 Å². The van der Waals surface area contributed by atoms with Crippen molar-refractivity contribution < 1.29 is 14.2 Å². The van der Waals surface area contributed by atoms with Crippen molar-refractivity contribution in [2.45, 2.75) is 24.5 Å². The monoisotopic (exact) mass is 292 g/mol. The average molecular weight is 292 g/mol. The number of thioether (sulfide) groups is 1. The van der Waals surface area contributed by atoms with E-state index in [-0.39, 0.29) is 5.91 Å². The van der Waals surface area contributed by atoms with Crippen molar-refractivity contribution in [3.8, 4) is 0 Å². The van der Waals surface area contributed by atoms with Crippen molar-refractivity contribution in [2.75, 3.05) is 6.61 Å². The first kappa shape index (κ1) is 14.6. The largest absolute Gasteiger partial charge is 0.360 e. The normalized spacial score (nSPS) is 10.5. The van der Waals surface area contributed by atoms with Gasteiger partial charge in [-0.15, -0.1) is 11.8 Å². The van der Waals surface area contributed by atoms with Gasteiger partial charge in [-0.3, -0.25) is 9.63 Å². The fourth-order valence-corrected chi connectivity index (χ4v) is 2.53. The zero-order valence-electron chi connectivity index (χ0n) is 11.4. The highest BCUT2D eigenvalue weighted by Gasteiger charge is 2.12.